The van der Waals surface area contributed by atoms with Crippen molar-refractivity contribution in [1.82, 2.24) is 0 Å². The topological polar surface area (TPSA) is 45.6 Å². The van der Waals surface area contributed by atoms with E-state index < -0.39 is 0 Å². The number of hydrogen-bond acceptors (Lipinski definition) is 3. The van der Waals surface area contributed by atoms with Crippen LogP contribution in [0, 0.1) is 11.3 Å². The van der Waals surface area contributed by atoms with Gasteiger partial charge in [0, 0.05) is 18.4 Å². The lowest BCUT2D eigenvalue weighted by Crippen LogP contribution is -3.10. The normalized spacial score (nSPS) is 20.8. The number of H-pyrrole nitrogens is 1. The molecule has 2 aliphatic heterocycles. The predicted molar refractivity (Wildman–Crippen MR) is 106 cm³/mol. The molecule has 140 valence electrons. The molecule has 0 bridgehead atoms. The van der Waals surface area contributed by atoms with Gasteiger partial charge in [0.2, 0.25) is 0 Å². The van der Waals surface area contributed by atoms with Gasteiger partial charge >= 0.3 is 0 Å². The van der Waals surface area contributed by atoms with Crippen molar-refractivity contribution >= 4 is 17.6 Å². The van der Waals surface area contributed by atoms with Gasteiger partial charge in [-0.15, -0.1) is 0 Å². The molecule has 3 heterocycles. The second kappa shape index (κ2) is 8.63. The standard InChI is InChI=1S/C21H30N4S/c22-16-19-17-8-2-3-9-18(17)20(25-12-4-1-5-13-25)23-21(19)26-15-14-24-10-6-7-11-24/h1-15H2/p+2. The van der Waals surface area contributed by atoms with Crippen LogP contribution in [0.4, 0.5) is 5.82 Å². The van der Waals surface area contributed by atoms with Crippen molar-refractivity contribution < 1.29 is 9.88 Å². The van der Waals surface area contributed by atoms with Gasteiger partial charge in [0.15, 0.2) is 5.03 Å². The number of piperidine rings is 1. The predicted octanol–water partition coefficient (Wildman–Crippen LogP) is 2.01. The highest BCUT2D eigenvalue weighted by Gasteiger charge is 2.30. The Hall–Kier alpha value is -1.25. The molecule has 4 nitrogen and oxygen atoms in total. The van der Waals surface area contributed by atoms with Gasteiger partial charge in [-0.05, 0) is 50.5 Å². The highest BCUT2D eigenvalue weighted by atomic mass is 32.2. The minimum Gasteiger partial charge on any atom is -0.334 e. The van der Waals surface area contributed by atoms with Crippen LogP contribution in [-0.2, 0) is 12.8 Å². The molecule has 1 aromatic heterocycles. The molecule has 0 amide bonds. The van der Waals surface area contributed by atoms with Crippen molar-refractivity contribution in [2.75, 3.05) is 43.4 Å². The maximum Gasteiger partial charge on any atom is 0.278 e. The molecule has 4 rings (SSSR count). The zero-order valence-corrected chi connectivity index (χ0v) is 16.7. The summed E-state index contributed by atoms with van der Waals surface area (Å²) in [6.45, 7) is 6.21. The first-order valence-corrected chi connectivity index (χ1v) is 11.6. The first-order chi connectivity index (χ1) is 12.9. The van der Waals surface area contributed by atoms with Crippen molar-refractivity contribution in [2.45, 2.75) is 62.8 Å². The van der Waals surface area contributed by atoms with Gasteiger partial charge in [-0.25, -0.2) is 4.98 Å². The second-order valence-electron chi connectivity index (χ2n) is 8.06. The van der Waals surface area contributed by atoms with Gasteiger partial charge in [-0.2, -0.15) is 5.26 Å². The van der Waals surface area contributed by atoms with E-state index in [-0.39, 0.29) is 0 Å². The maximum absolute atomic E-state index is 9.88. The number of aromatic amines is 1. The number of nitrogens with zero attached hydrogens (tertiary/aromatic N) is 2. The van der Waals surface area contributed by atoms with Gasteiger partial charge in [0.1, 0.15) is 11.6 Å². The Kier molecular flexibility index (Phi) is 6.01. The highest BCUT2D eigenvalue weighted by molar-refractivity contribution is 7.99. The lowest BCUT2D eigenvalue weighted by atomic mass is 9.89. The Morgan fingerprint density at radius 3 is 2.42 bits per heavy atom. The van der Waals surface area contributed by atoms with E-state index in [4.69, 9.17) is 0 Å². The number of aromatic nitrogens is 1. The third-order valence-corrected chi connectivity index (χ3v) is 7.31. The zero-order chi connectivity index (χ0) is 17.8. The van der Waals surface area contributed by atoms with E-state index >= 15 is 0 Å². The molecule has 0 atom stereocenters. The molecule has 0 radical (unpaired) electrons. The first-order valence-electron chi connectivity index (χ1n) is 10.6. The van der Waals surface area contributed by atoms with Gasteiger partial charge < -0.3 is 4.90 Å². The summed E-state index contributed by atoms with van der Waals surface area (Å²) in [6.07, 6.45) is 11.4. The summed E-state index contributed by atoms with van der Waals surface area (Å²) in [7, 11) is 0. The van der Waals surface area contributed by atoms with Crippen LogP contribution in [-0.4, -0.2) is 38.5 Å². The number of hydrogen-bond donors (Lipinski definition) is 1. The van der Waals surface area contributed by atoms with Crippen LogP contribution in [0.15, 0.2) is 5.03 Å². The molecule has 3 aliphatic rings. The molecule has 0 spiro atoms. The molecule has 2 saturated heterocycles. The molecular weight excluding hydrogens is 340 g/mol. The van der Waals surface area contributed by atoms with E-state index in [0.717, 1.165) is 42.3 Å². The van der Waals surface area contributed by atoms with Crippen LogP contribution >= 0.6 is 11.8 Å². The quantitative estimate of drug-likeness (QED) is 0.805. The molecular formula is C21H32N4S+2. The van der Waals surface area contributed by atoms with E-state index in [1.807, 2.05) is 11.8 Å². The van der Waals surface area contributed by atoms with E-state index in [2.05, 4.69) is 16.0 Å². The fourth-order valence-corrected chi connectivity index (χ4v) is 5.94. The van der Waals surface area contributed by atoms with Crippen molar-refractivity contribution in [3.63, 3.8) is 0 Å². The summed E-state index contributed by atoms with van der Waals surface area (Å²) < 4.78 is 0. The SMILES string of the molecule is N#Cc1c(SCC[NH+]2CCCC2)[nH+]c(N2CCCCC2)c2c1CCCC2. The van der Waals surface area contributed by atoms with Crippen LogP contribution in [0.5, 0.6) is 0 Å². The summed E-state index contributed by atoms with van der Waals surface area (Å²) in [5, 5.41) is 11.0. The van der Waals surface area contributed by atoms with Gasteiger partial charge in [0.25, 0.3) is 5.82 Å². The number of likely N-dealkylation sites (tertiary alicyclic amines) is 1. The average molecular weight is 373 g/mol. The number of nitriles is 1. The number of nitrogens with one attached hydrogen (secondary N) is 2. The number of thioether (sulfide) groups is 1. The summed E-state index contributed by atoms with van der Waals surface area (Å²) in [4.78, 5) is 8.05. The molecule has 2 N–H and O–H groups in total. The number of quaternary nitrogens is 1. The number of pyridine rings is 1. The molecule has 0 unspecified atom stereocenters. The zero-order valence-electron chi connectivity index (χ0n) is 15.9. The summed E-state index contributed by atoms with van der Waals surface area (Å²) in [6, 6.07) is 2.55. The van der Waals surface area contributed by atoms with Gasteiger partial charge in [0.05, 0.1) is 38.5 Å². The lowest BCUT2D eigenvalue weighted by Gasteiger charge is -2.26. The fourth-order valence-electron chi connectivity index (χ4n) is 4.86. The van der Waals surface area contributed by atoms with E-state index in [1.54, 1.807) is 4.90 Å². The Balaban J connectivity index is 1.59. The molecule has 2 fully saturated rings. The van der Waals surface area contributed by atoms with Crippen molar-refractivity contribution in [3.8, 4) is 6.07 Å². The van der Waals surface area contributed by atoms with E-state index in [9.17, 15) is 5.26 Å². The van der Waals surface area contributed by atoms with Crippen molar-refractivity contribution in [2.24, 2.45) is 0 Å². The van der Waals surface area contributed by atoms with E-state index in [0.29, 0.717) is 0 Å². The smallest absolute Gasteiger partial charge is 0.278 e. The Morgan fingerprint density at radius 2 is 1.69 bits per heavy atom. The highest BCUT2D eigenvalue weighted by Crippen LogP contribution is 2.34. The Morgan fingerprint density at radius 1 is 0.962 bits per heavy atom. The van der Waals surface area contributed by atoms with Crippen LogP contribution in [0.3, 0.4) is 0 Å². The third kappa shape index (κ3) is 3.87. The minimum atomic E-state index is 0.946. The average Bonchev–Trinajstić information content (AvgIpc) is 3.21. The summed E-state index contributed by atoms with van der Waals surface area (Å²) >= 11 is 1.88. The van der Waals surface area contributed by atoms with Crippen LogP contribution in [0.1, 0.15) is 61.6 Å². The van der Waals surface area contributed by atoms with Gasteiger partial charge in [-0.1, -0.05) is 11.8 Å². The lowest BCUT2D eigenvalue weighted by molar-refractivity contribution is -0.884. The van der Waals surface area contributed by atoms with Crippen LogP contribution in [0.2, 0.25) is 0 Å². The molecule has 26 heavy (non-hydrogen) atoms. The molecule has 5 heteroatoms. The van der Waals surface area contributed by atoms with Crippen molar-refractivity contribution in [3.05, 3.63) is 16.7 Å². The van der Waals surface area contributed by atoms with Crippen LogP contribution < -0.4 is 14.8 Å². The largest absolute Gasteiger partial charge is 0.334 e. The molecule has 1 aliphatic carbocycles. The number of anilines is 1. The Bertz CT molecular complexity index is 670. The van der Waals surface area contributed by atoms with Crippen LogP contribution in [0.25, 0.3) is 0 Å². The summed E-state index contributed by atoms with van der Waals surface area (Å²) in [5.74, 6) is 2.45. The van der Waals surface area contributed by atoms with Crippen molar-refractivity contribution in [1.29, 1.82) is 5.26 Å². The number of rotatable bonds is 5. The molecule has 0 aromatic carbocycles. The molecule has 1 aromatic rings. The summed E-state index contributed by atoms with van der Waals surface area (Å²) in [5.41, 5.74) is 3.75. The third-order valence-electron chi connectivity index (χ3n) is 6.31. The second-order valence-corrected chi connectivity index (χ2v) is 9.16. The van der Waals surface area contributed by atoms with Gasteiger partial charge in [-0.3, -0.25) is 4.90 Å². The number of fused-ring (bicyclic) bond motifs is 1. The fraction of sp³-hybridized carbons (Fsp3) is 0.714. The monoisotopic (exact) mass is 372 g/mol. The first kappa shape index (κ1) is 18.1. The maximum atomic E-state index is 9.88. The van der Waals surface area contributed by atoms with E-state index in [1.165, 1.54) is 81.5 Å². The minimum absolute atomic E-state index is 0.946. The Labute approximate surface area is 162 Å². The molecule has 0 saturated carbocycles.